The summed E-state index contributed by atoms with van der Waals surface area (Å²) in [6.45, 7) is 2.57. The molecule has 0 bridgehead atoms. The summed E-state index contributed by atoms with van der Waals surface area (Å²) in [7, 11) is -1.92. The lowest BCUT2D eigenvalue weighted by Gasteiger charge is -2.12. The molecule has 0 aliphatic rings. The number of amides is 1. The maximum absolute atomic E-state index is 12.4. The molecule has 2 aromatic rings. The first-order valence-corrected chi connectivity index (χ1v) is 10.2. The van der Waals surface area contributed by atoms with Crippen molar-refractivity contribution in [1.29, 1.82) is 0 Å². The Morgan fingerprint density at radius 2 is 2.04 bits per heavy atom. The maximum Gasteiger partial charge on any atom is 0.262 e. The minimum Gasteiger partial charge on any atom is -0.350 e. The van der Waals surface area contributed by atoms with E-state index in [9.17, 15) is 13.2 Å². The normalized spacial score (nSPS) is 13.0. The van der Waals surface area contributed by atoms with Gasteiger partial charge in [0.05, 0.1) is 0 Å². The van der Waals surface area contributed by atoms with Gasteiger partial charge in [0.1, 0.15) is 9.77 Å². The van der Waals surface area contributed by atoms with Crippen LogP contribution in [0.5, 0.6) is 0 Å². The predicted molar refractivity (Wildman–Crippen MR) is 93.5 cm³/mol. The summed E-state index contributed by atoms with van der Waals surface area (Å²) < 4.78 is 27.4. The number of hydrogen-bond acceptors (Lipinski definition) is 6. The summed E-state index contributed by atoms with van der Waals surface area (Å²) in [5, 5.41) is 9.23. The Hall–Kier alpha value is -1.26. The minimum atomic E-state index is -3.72. The highest BCUT2D eigenvalue weighted by atomic mass is 32.2. The largest absolute Gasteiger partial charge is 0.350 e. The minimum absolute atomic E-state index is 0.0219. The predicted octanol–water partition coefficient (Wildman–Crippen LogP) is 1.63. The van der Waals surface area contributed by atoms with Crippen molar-refractivity contribution in [2.45, 2.75) is 24.4 Å². The molecule has 126 valence electrons. The van der Waals surface area contributed by atoms with Gasteiger partial charge in [-0.15, -0.1) is 22.7 Å². The number of thiophene rings is 2. The molecule has 0 radical (unpaired) electrons. The van der Waals surface area contributed by atoms with Crippen molar-refractivity contribution in [3.63, 3.8) is 0 Å². The summed E-state index contributed by atoms with van der Waals surface area (Å²) in [4.78, 5) is 13.3. The molecule has 0 saturated carbocycles. The van der Waals surface area contributed by atoms with Crippen molar-refractivity contribution in [3.8, 4) is 0 Å². The van der Waals surface area contributed by atoms with Crippen LogP contribution in [0.1, 0.15) is 21.5 Å². The van der Waals surface area contributed by atoms with Gasteiger partial charge in [-0.25, -0.2) is 13.1 Å². The van der Waals surface area contributed by atoms with Crippen LogP contribution in [0.2, 0.25) is 0 Å². The third-order valence-electron chi connectivity index (χ3n) is 3.20. The molecule has 2 heterocycles. The molecule has 6 nitrogen and oxygen atoms in total. The first-order chi connectivity index (χ1) is 10.9. The molecule has 0 aliphatic carbocycles. The van der Waals surface area contributed by atoms with E-state index in [0.29, 0.717) is 6.54 Å². The number of carbonyl (C=O) groups excluding carboxylic acids is 1. The molecule has 1 amide bonds. The van der Waals surface area contributed by atoms with Gasteiger partial charge in [0, 0.05) is 24.0 Å². The lowest BCUT2D eigenvalue weighted by molar-refractivity contribution is 0.0951. The molecule has 9 heteroatoms. The molecule has 0 fully saturated rings. The molecule has 0 saturated heterocycles. The van der Waals surface area contributed by atoms with Crippen molar-refractivity contribution in [3.05, 3.63) is 38.7 Å². The molecule has 2 aromatic heterocycles. The zero-order valence-electron chi connectivity index (χ0n) is 12.8. The van der Waals surface area contributed by atoms with E-state index in [2.05, 4.69) is 15.4 Å². The van der Waals surface area contributed by atoms with Crippen molar-refractivity contribution < 1.29 is 13.2 Å². The first kappa shape index (κ1) is 18.1. The fraction of sp³-hybridized carbons (Fsp3) is 0.357. The quantitative estimate of drug-likeness (QED) is 0.656. The van der Waals surface area contributed by atoms with E-state index in [1.165, 1.54) is 17.4 Å². The Morgan fingerprint density at radius 1 is 1.26 bits per heavy atom. The van der Waals surface area contributed by atoms with E-state index < -0.39 is 10.0 Å². The fourth-order valence-electron chi connectivity index (χ4n) is 1.76. The Balaban J connectivity index is 2.08. The Bertz CT molecular complexity index is 738. The average molecular weight is 374 g/mol. The van der Waals surface area contributed by atoms with E-state index in [0.717, 1.165) is 16.2 Å². The highest BCUT2D eigenvalue weighted by Gasteiger charge is 2.24. The van der Waals surface area contributed by atoms with E-state index in [1.807, 2.05) is 24.4 Å². The van der Waals surface area contributed by atoms with E-state index >= 15 is 0 Å². The van der Waals surface area contributed by atoms with Crippen LogP contribution in [-0.2, 0) is 16.6 Å². The second-order valence-electron chi connectivity index (χ2n) is 4.92. The van der Waals surface area contributed by atoms with Gasteiger partial charge < -0.3 is 10.6 Å². The van der Waals surface area contributed by atoms with E-state index in [-0.39, 0.29) is 28.3 Å². The first-order valence-electron chi connectivity index (χ1n) is 6.99. The van der Waals surface area contributed by atoms with Gasteiger partial charge in [-0.3, -0.25) is 4.79 Å². The lowest BCUT2D eigenvalue weighted by atomic mass is 10.3. The number of nitrogens with one attached hydrogen (secondary N) is 3. The third-order valence-corrected chi connectivity index (χ3v) is 6.57. The Morgan fingerprint density at radius 3 is 2.70 bits per heavy atom. The van der Waals surface area contributed by atoms with Crippen LogP contribution >= 0.6 is 22.7 Å². The summed E-state index contributed by atoms with van der Waals surface area (Å²) in [5.74, 6) is -0.376. The molecule has 1 unspecified atom stereocenters. The van der Waals surface area contributed by atoms with Gasteiger partial charge in [0.15, 0.2) is 0 Å². The van der Waals surface area contributed by atoms with E-state index in [4.69, 9.17) is 0 Å². The van der Waals surface area contributed by atoms with Crippen LogP contribution in [0.15, 0.2) is 33.9 Å². The smallest absolute Gasteiger partial charge is 0.262 e. The molecule has 0 spiro atoms. The zero-order valence-corrected chi connectivity index (χ0v) is 15.3. The Kier molecular flexibility index (Phi) is 6.31. The summed E-state index contributed by atoms with van der Waals surface area (Å²) in [6.07, 6.45) is 0. The van der Waals surface area contributed by atoms with Gasteiger partial charge in [0.25, 0.3) is 5.91 Å². The molecule has 1 atom stereocenters. The SMILES string of the molecule is CNC(C)CNC(=O)c1sccc1S(=O)(=O)NCc1cccs1. The molecule has 0 aliphatic heterocycles. The van der Waals surface area contributed by atoms with Crippen LogP contribution in [-0.4, -0.2) is 34.0 Å². The third kappa shape index (κ3) is 4.85. The van der Waals surface area contributed by atoms with Crippen molar-refractivity contribution >= 4 is 38.6 Å². The molecule has 2 rings (SSSR count). The summed E-state index contributed by atoms with van der Waals surface area (Å²) in [6, 6.07) is 5.28. The molecule has 23 heavy (non-hydrogen) atoms. The highest BCUT2D eigenvalue weighted by Crippen LogP contribution is 2.22. The van der Waals surface area contributed by atoms with Gasteiger partial charge >= 0.3 is 0 Å². The van der Waals surface area contributed by atoms with Gasteiger partial charge in [-0.05, 0) is 36.9 Å². The van der Waals surface area contributed by atoms with Crippen LogP contribution in [0.25, 0.3) is 0 Å². The number of rotatable bonds is 8. The summed E-state index contributed by atoms with van der Waals surface area (Å²) in [5.41, 5.74) is 0. The van der Waals surface area contributed by atoms with Crippen LogP contribution in [0.4, 0.5) is 0 Å². The van der Waals surface area contributed by atoms with Gasteiger partial charge in [-0.2, -0.15) is 0 Å². The average Bonchev–Trinajstić information content (AvgIpc) is 3.21. The number of likely N-dealkylation sites (N-methyl/N-ethyl adjacent to an activating group) is 1. The van der Waals surface area contributed by atoms with Gasteiger partial charge in [0.2, 0.25) is 10.0 Å². The molecular weight excluding hydrogens is 354 g/mol. The fourth-order valence-corrected chi connectivity index (χ4v) is 4.84. The number of hydrogen-bond donors (Lipinski definition) is 3. The van der Waals surface area contributed by atoms with Crippen LogP contribution in [0.3, 0.4) is 0 Å². The van der Waals surface area contributed by atoms with E-state index in [1.54, 1.807) is 12.4 Å². The van der Waals surface area contributed by atoms with Crippen LogP contribution in [0, 0.1) is 0 Å². The van der Waals surface area contributed by atoms with Gasteiger partial charge in [-0.1, -0.05) is 6.07 Å². The lowest BCUT2D eigenvalue weighted by Crippen LogP contribution is -2.37. The number of sulfonamides is 1. The summed E-state index contributed by atoms with van der Waals surface area (Å²) >= 11 is 2.59. The molecular formula is C14H19N3O3S3. The standard InChI is InChI=1S/C14H19N3O3S3/c1-10(15-2)8-16-14(18)13-12(5-7-22-13)23(19,20)17-9-11-4-3-6-21-11/h3-7,10,15,17H,8-9H2,1-2H3,(H,16,18). The van der Waals surface area contributed by atoms with Crippen molar-refractivity contribution in [2.24, 2.45) is 0 Å². The zero-order chi connectivity index (χ0) is 16.9. The van der Waals surface area contributed by atoms with Crippen LogP contribution < -0.4 is 15.4 Å². The monoisotopic (exact) mass is 373 g/mol. The molecule has 0 aromatic carbocycles. The number of carbonyl (C=O) groups is 1. The second kappa shape index (κ2) is 8.02. The van der Waals surface area contributed by atoms with Crippen molar-refractivity contribution in [1.82, 2.24) is 15.4 Å². The Labute approximate surface area is 144 Å². The second-order valence-corrected chi connectivity index (χ2v) is 8.60. The highest BCUT2D eigenvalue weighted by molar-refractivity contribution is 7.89. The van der Waals surface area contributed by atoms with Crippen molar-refractivity contribution in [2.75, 3.05) is 13.6 Å². The topological polar surface area (TPSA) is 87.3 Å². The molecule has 3 N–H and O–H groups in total. The maximum atomic E-state index is 12.4.